The molecule has 1 aromatic rings. The highest BCUT2D eigenvalue weighted by Gasteiger charge is 2.23. The van der Waals surface area contributed by atoms with Crippen LogP contribution in [0.2, 0.25) is 0 Å². The molecule has 0 unspecified atom stereocenters. The fourth-order valence-corrected chi connectivity index (χ4v) is 2.03. The second-order valence-electron chi connectivity index (χ2n) is 4.99. The molecule has 0 saturated carbocycles. The summed E-state index contributed by atoms with van der Waals surface area (Å²) in [5, 5.41) is 13.1. The summed E-state index contributed by atoms with van der Waals surface area (Å²) in [4.78, 5) is 11.2. The van der Waals surface area contributed by atoms with Gasteiger partial charge in [-0.1, -0.05) is 51.6 Å². The molecule has 0 amide bonds. The zero-order chi connectivity index (χ0) is 13.5. The standard InChI is InChI=1S/C14H23NO3/c1-4-5-6-7-8-9-11-12(14(16)17)13(10(2)3)18-15-11/h10H,4-9H2,1-3H3,(H,16,17). The lowest BCUT2D eigenvalue weighted by molar-refractivity contribution is 0.0692. The number of unbranched alkanes of at least 4 members (excludes halogenated alkanes) is 4. The van der Waals surface area contributed by atoms with E-state index in [1.165, 1.54) is 19.3 Å². The number of rotatable bonds is 8. The fraction of sp³-hybridized carbons (Fsp3) is 0.714. The quantitative estimate of drug-likeness (QED) is 0.711. The molecule has 0 bridgehead atoms. The zero-order valence-corrected chi connectivity index (χ0v) is 11.5. The van der Waals surface area contributed by atoms with Gasteiger partial charge < -0.3 is 9.63 Å². The molecule has 0 saturated heterocycles. The maximum absolute atomic E-state index is 11.2. The van der Waals surface area contributed by atoms with Crippen molar-refractivity contribution in [1.29, 1.82) is 0 Å². The Balaban J connectivity index is 2.62. The Bertz CT molecular complexity index is 382. The molecule has 4 nitrogen and oxygen atoms in total. The topological polar surface area (TPSA) is 63.3 Å². The van der Waals surface area contributed by atoms with Gasteiger partial charge in [-0.3, -0.25) is 0 Å². The van der Waals surface area contributed by atoms with E-state index < -0.39 is 5.97 Å². The van der Waals surface area contributed by atoms with E-state index in [1.807, 2.05) is 13.8 Å². The van der Waals surface area contributed by atoms with Gasteiger partial charge in [0.1, 0.15) is 5.56 Å². The van der Waals surface area contributed by atoms with Crippen molar-refractivity contribution in [3.8, 4) is 0 Å². The number of hydrogen-bond acceptors (Lipinski definition) is 3. The van der Waals surface area contributed by atoms with Crippen LogP contribution >= 0.6 is 0 Å². The van der Waals surface area contributed by atoms with E-state index >= 15 is 0 Å². The van der Waals surface area contributed by atoms with Gasteiger partial charge in [-0.05, 0) is 12.8 Å². The molecule has 102 valence electrons. The third-order valence-corrected chi connectivity index (χ3v) is 3.04. The first-order chi connectivity index (χ1) is 8.57. The number of aromatic nitrogens is 1. The van der Waals surface area contributed by atoms with Crippen LogP contribution in [-0.2, 0) is 6.42 Å². The number of carbonyl (C=O) groups is 1. The number of nitrogens with zero attached hydrogens (tertiary/aromatic N) is 1. The SMILES string of the molecule is CCCCCCCc1noc(C(C)C)c1C(=O)O. The maximum atomic E-state index is 11.2. The van der Waals surface area contributed by atoms with E-state index in [9.17, 15) is 9.90 Å². The summed E-state index contributed by atoms with van der Waals surface area (Å²) in [6.45, 7) is 6.01. The van der Waals surface area contributed by atoms with Crippen molar-refractivity contribution in [1.82, 2.24) is 5.16 Å². The van der Waals surface area contributed by atoms with E-state index in [0.29, 0.717) is 17.9 Å². The highest BCUT2D eigenvalue weighted by Crippen LogP contribution is 2.24. The molecule has 0 aliphatic rings. The Kier molecular flexibility index (Phi) is 5.89. The van der Waals surface area contributed by atoms with Crippen LogP contribution in [-0.4, -0.2) is 16.2 Å². The van der Waals surface area contributed by atoms with Crippen LogP contribution in [0.4, 0.5) is 0 Å². The van der Waals surface area contributed by atoms with Gasteiger partial charge in [0.2, 0.25) is 0 Å². The van der Waals surface area contributed by atoms with Gasteiger partial charge in [0, 0.05) is 5.92 Å². The molecular formula is C14H23NO3. The van der Waals surface area contributed by atoms with Crippen LogP contribution in [0, 0.1) is 0 Å². The maximum Gasteiger partial charge on any atom is 0.341 e. The van der Waals surface area contributed by atoms with E-state index in [0.717, 1.165) is 12.8 Å². The van der Waals surface area contributed by atoms with Gasteiger partial charge in [-0.15, -0.1) is 0 Å². The fourth-order valence-electron chi connectivity index (χ4n) is 2.03. The van der Waals surface area contributed by atoms with Crippen LogP contribution < -0.4 is 0 Å². The lowest BCUT2D eigenvalue weighted by Crippen LogP contribution is -2.04. The first-order valence-corrected chi connectivity index (χ1v) is 6.79. The Labute approximate surface area is 108 Å². The van der Waals surface area contributed by atoms with Gasteiger partial charge in [0.05, 0.1) is 5.69 Å². The van der Waals surface area contributed by atoms with Crippen molar-refractivity contribution < 1.29 is 14.4 Å². The minimum atomic E-state index is -0.927. The van der Waals surface area contributed by atoms with Crippen LogP contribution in [0.15, 0.2) is 4.52 Å². The predicted molar refractivity (Wildman–Crippen MR) is 70.0 cm³/mol. The zero-order valence-electron chi connectivity index (χ0n) is 11.5. The minimum absolute atomic E-state index is 0.0532. The molecule has 1 heterocycles. The van der Waals surface area contributed by atoms with Crippen molar-refractivity contribution in [2.75, 3.05) is 0 Å². The van der Waals surface area contributed by atoms with Crippen LogP contribution in [0.25, 0.3) is 0 Å². The molecule has 1 rings (SSSR count). The second-order valence-corrected chi connectivity index (χ2v) is 4.99. The molecule has 0 aliphatic carbocycles. The predicted octanol–water partition coefficient (Wildman–Crippen LogP) is 4.01. The summed E-state index contributed by atoms with van der Waals surface area (Å²) in [5.41, 5.74) is 0.878. The van der Waals surface area contributed by atoms with Crippen molar-refractivity contribution in [3.05, 3.63) is 17.0 Å². The van der Waals surface area contributed by atoms with E-state index in [1.54, 1.807) is 0 Å². The van der Waals surface area contributed by atoms with Crippen molar-refractivity contribution >= 4 is 5.97 Å². The molecule has 1 aromatic heterocycles. The highest BCUT2D eigenvalue weighted by atomic mass is 16.5. The molecule has 0 spiro atoms. The normalized spacial score (nSPS) is 11.1. The summed E-state index contributed by atoms with van der Waals surface area (Å²) < 4.78 is 5.17. The van der Waals surface area contributed by atoms with Crippen molar-refractivity contribution in [2.45, 2.75) is 65.2 Å². The van der Waals surface area contributed by atoms with E-state index in [4.69, 9.17) is 4.52 Å². The summed E-state index contributed by atoms with van der Waals surface area (Å²) in [5.74, 6) is -0.382. The average molecular weight is 253 g/mol. The second kappa shape index (κ2) is 7.19. The smallest absolute Gasteiger partial charge is 0.341 e. The molecule has 0 aliphatic heterocycles. The number of aromatic carboxylic acids is 1. The molecule has 0 aromatic carbocycles. The number of carboxylic acid groups (broad SMARTS) is 1. The van der Waals surface area contributed by atoms with Crippen LogP contribution in [0.1, 0.15) is 80.6 Å². The highest BCUT2D eigenvalue weighted by molar-refractivity contribution is 5.90. The van der Waals surface area contributed by atoms with E-state index in [-0.39, 0.29) is 11.5 Å². The Morgan fingerprint density at radius 2 is 1.94 bits per heavy atom. The largest absolute Gasteiger partial charge is 0.477 e. The molecule has 0 fully saturated rings. The number of carboxylic acids is 1. The summed E-state index contributed by atoms with van der Waals surface area (Å²) in [7, 11) is 0. The minimum Gasteiger partial charge on any atom is -0.477 e. The Morgan fingerprint density at radius 3 is 2.50 bits per heavy atom. The molecular weight excluding hydrogens is 230 g/mol. The number of aryl methyl sites for hydroxylation is 1. The first kappa shape index (κ1) is 14.7. The lowest BCUT2D eigenvalue weighted by Gasteiger charge is -2.02. The van der Waals surface area contributed by atoms with Crippen LogP contribution in [0.3, 0.4) is 0 Å². The molecule has 1 N–H and O–H groups in total. The molecule has 0 atom stereocenters. The Hall–Kier alpha value is -1.32. The molecule has 18 heavy (non-hydrogen) atoms. The third-order valence-electron chi connectivity index (χ3n) is 3.04. The van der Waals surface area contributed by atoms with Crippen LogP contribution in [0.5, 0.6) is 0 Å². The first-order valence-electron chi connectivity index (χ1n) is 6.79. The molecule has 4 heteroatoms. The van der Waals surface area contributed by atoms with Gasteiger partial charge >= 0.3 is 5.97 Å². The summed E-state index contributed by atoms with van der Waals surface area (Å²) in [6.07, 6.45) is 6.44. The molecule has 0 radical (unpaired) electrons. The van der Waals surface area contributed by atoms with Gasteiger partial charge in [-0.25, -0.2) is 4.79 Å². The summed E-state index contributed by atoms with van der Waals surface area (Å²) in [6, 6.07) is 0. The van der Waals surface area contributed by atoms with Gasteiger partial charge in [-0.2, -0.15) is 0 Å². The van der Waals surface area contributed by atoms with E-state index in [2.05, 4.69) is 12.1 Å². The monoisotopic (exact) mass is 253 g/mol. The van der Waals surface area contributed by atoms with Gasteiger partial charge in [0.25, 0.3) is 0 Å². The Morgan fingerprint density at radius 1 is 1.28 bits per heavy atom. The lowest BCUT2D eigenvalue weighted by atomic mass is 10.0. The summed E-state index contributed by atoms with van der Waals surface area (Å²) >= 11 is 0. The average Bonchev–Trinajstić information content (AvgIpc) is 2.72. The van der Waals surface area contributed by atoms with Crippen molar-refractivity contribution in [2.24, 2.45) is 0 Å². The third kappa shape index (κ3) is 3.86. The van der Waals surface area contributed by atoms with Crippen molar-refractivity contribution in [3.63, 3.8) is 0 Å². The van der Waals surface area contributed by atoms with Gasteiger partial charge in [0.15, 0.2) is 5.76 Å². The number of hydrogen-bond donors (Lipinski definition) is 1.